The molecule has 0 amide bonds. The van der Waals surface area contributed by atoms with Crippen molar-refractivity contribution in [2.75, 3.05) is 33.2 Å². The van der Waals surface area contributed by atoms with E-state index in [0.717, 1.165) is 26.2 Å². The van der Waals surface area contributed by atoms with Crippen LogP contribution < -0.4 is 5.32 Å². The summed E-state index contributed by atoms with van der Waals surface area (Å²) in [5.41, 5.74) is 1.44. The highest BCUT2D eigenvalue weighted by Crippen LogP contribution is 2.26. The van der Waals surface area contributed by atoms with Crippen LogP contribution in [0.15, 0.2) is 30.3 Å². The molecule has 1 N–H and O–H groups in total. The second-order valence-electron chi connectivity index (χ2n) is 6.34. The molecule has 1 heterocycles. The van der Waals surface area contributed by atoms with Crippen molar-refractivity contribution in [3.05, 3.63) is 35.9 Å². The molecule has 1 aromatic carbocycles. The number of nitrogens with one attached hydrogen (secondary N) is 1. The van der Waals surface area contributed by atoms with E-state index in [9.17, 15) is 0 Å². The van der Waals surface area contributed by atoms with Gasteiger partial charge in [0.1, 0.15) is 0 Å². The normalized spacial score (nSPS) is 23.1. The van der Waals surface area contributed by atoms with Crippen LogP contribution in [0.5, 0.6) is 0 Å². The first-order valence-electron chi connectivity index (χ1n) is 7.80. The maximum atomic E-state index is 3.57. The van der Waals surface area contributed by atoms with Crippen LogP contribution in [0, 0.1) is 0 Å². The molecule has 3 nitrogen and oxygen atoms in total. The number of hydrogen-bond acceptors (Lipinski definition) is 3. The van der Waals surface area contributed by atoms with E-state index in [2.05, 4.69) is 73.3 Å². The van der Waals surface area contributed by atoms with Crippen molar-refractivity contribution in [3.63, 3.8) is 0 Å². The maximum Gasteiger partial charge on any atom is 0.0478 e. The fraction of sp³-hybridized carbons (Fsp3) is 0.647. The van der Waals surface area contributed by atoms with Crippen LogP contribution in [-0.2, 0) is 0 Å². The second kappa shape index (κ2) is 7.21. The molecule has 2 rings (SSSR count). The molecular weight excluding hydrogens is 246 g/mol. The SMILES string of the molecule is CC(C)NCC(C)N1CCN(C)CC1c1ccccc1. The summed E-state index contributed by atoms with van der Waals surface area (Å²) >= 11 is 0. The van der Waals surface area contributed by atoms with Gasteiger partial charge < -0.3 is 10.2 Å². The molecule has 0 spiro atoms. The molecule has 1 aromatic rings. The van der Waals surface area contributed by atoms with E-state index in [0.29, 0.717) is 18.1 Å². The Morgan fingerprint density at radius 1 is 1.15 bits per heavy atom. The zero-order valence-corrected chi connectivity index (χ0v) is 13.3. The van der Waals surface area contributed by atoms with Crippen LogP contribution in [-0.4, -0.2) is 55.1 Å². The average molecular weight is 275 g/mol. The first kappa shape index (κ1) is 15.5. The zero-order chi connectivity index (χ0) is 14.5. The summed E-state index contributed by atoms with van der Waals surface area (Å²) in [6, 6.07) is 12.6. The van der Waals surface area contributed by atoms with E-state index in [1.807, 2.05) is 0 Å². The highest BCUT2D eigenvalue weighted by molar-refractivity contribution is 5.20. The van der Waals surface area contributed by atoms with Crippen molar-refractivity contribution in [3.8, 4) is 0 Å². The van der Waals surface area contributed by atoms with Crippen LogP contribution in [0.3, 0.4) is 0 Å². The minimum absolute atomic E-state index is 0.513. The molecule has 1 aliphatic rings. The third-order valence-electron chi connectivity index (χ3n) is 4.20. The Balaban J connectivity index is 2.08. The van der Waals surface area contributed by atoms with Crippen molar-refractivity contribution < 1.29 is 0 Å². The lowest BCUT2D eigenvalue weighted by molar-refractivity contribution is 0.0567. The molecule has 2 unspecified atom stereocenters. The van der Waals surface area contributed by atoms with Gasteiger partial charge >= 0.3 is 0 Å². The molecule has 0 aromatic heterocycles. The highest BCUT2D eigenvalue weighted by Gasteiger charge is 2.29. The van der Waals surface area contributed by atoms with Crippen LogP contribution in [0.4, 0.5) is 0 Å². The Hall–Kier alpha value is -0.900. The lowest BCUT2D eigenvalue weighted by Crippen LogP contribution is -2.53. The molecular formula is C17H29N3. The number of hydrogen-bond donors (Lipinski definition) is 1. The predicted octanol–water partition coefficient (Wildman–Crippen LogP) is 2.36. The Bertz CT molecular complexity index is 390. The number of likely N-dealkylation sites (N-methyl/N-ethyl adjacent to an activating group) is 1. The molecule has 1 aliphatic heterocycles. The monoisotopic (exact) mass is 275 g/mol. The quantitative estimate of drug-likeness (QED) is 0.890. The van der Waals surface area contributed by atoms with Gasteiger partial charge in [0.15, 0.2) is 0 Å². The number of piperazine rings is 1. The molecule has 20 heavy (non-hydrogen) atoms. The highest BCUT2D eigenvalue weighted by atomic mass is 15.3. The van der Waals surface area contributed by atoms with Crippen LogP contribution in [0.1, 0.15) is 32.4 Å². The van der Waals surface area contributed by atoms with Gasteiger partial charge in [-0.05, 0) is 19.5 Å². The summed E-state index contributed by atoms with van der Waals surface area (Å²) in [6.45, 7) is 11.3. The van der Waals surface area contributed by atoms with Gasteiger partial charge in [-0.2, -0.15) is 0 Å². The lowest BCUT2D eigenvalue weighted by Gasteiger charge is -2.43. The van der Waals surface area contributed by atoms with Gasteiger partial charge in [-0.25, -0.2) is 0 Å². The number of rotatable bonds is 5. The Labute approximate surface area is 124 Å². The van der Waals surface area contributed by atoms with Gasteiger partial charge in [-0.3, -0.25) is 4.90 Å². The molecule has 0 bridgehead atoms. The van der Waals surface area contributed by atoms with E-state index in [1.165, 1.54) is 5.56 Å². The Morgan fingerprint density at radius 3 is 2.50 bits per heavy atom. The molecule has 0 saturated carbocycles. The van der Waals surface area contributed by atoms with Gasteiger partial charge in [-0.1, -0.05) is 44.2 Å². The molecule has 2 atom stereocenters. The minimum atomic E-state index is 0.513. The van der Waals surface area contributed by atoms with Gasteiger partial charge in [0, 0.05) is 44.3 Å². The lowest BCUT2D eigenvalue weighted by atomic mass is 10.0. The van der Waals surface area contributed by atoms with E-state index in [4.69, 9.17) is 0 Å². The van der Waals surface area contributed by atoms with Gasteiger partial charge in [-0.15, -0.1) is 0 Å². The smallest absolute Gasteiger partial charge is 0.0478 e. The van der Waals surface area contributed by atoms with Gasteiger partial charge in [0.05, 0.1) is 0 Å². The van der Waals surface area contributed by atoms with Crippen LogP contribution >= 0.6 is 0 Å². The van der Waals surface area contributed by atoms with Crippen molar-refractivity contribution in [1.29, 1.82) is 0 Å². The number of nitrogens with zero attached hydrogens (tertiary/aromatic N) is 2. The van der Waals surface area contributed by atoms with E-state index in [-0.39, 0.29) is 0 Å². The van der Waals surface area contributed by atoms with Crippen LogP contribution in [0.25, 0.3) is 0 Å². The van der Waals surface area contributed by atoms with Crippen molar-refractivity contribution in [2.45, 2.75) is 38.9 Å². The van der Waals surface area contributed by atoms with E-state index >= 15 is 0 Å². The zero-order valence-electron chi connectivity index (χ0n) is 13.3. The summed E-state index contributed by atoms with van der Waals surface area (Å²) in [7, 11) is 2.23. The Kier molecular flexibility index (Phi) is 5.58. The Morgan fingerprint density at radius 2 is 1.85 bits per heavy atom. The molecule has 3 heteroatoms. The molecule has 1 saturated heterocycles. The number of benzene rings is 1. The fourth-order valence-electron chi connectivity index (χ4n) is 2.96. The molecule has 1 fully saturated rings. The first-order chi connectivity index (χ1) is 9.58. The van der Waals surface area contributed by atoms with E-state index in [1.54, 1.807) is 0 Å². The fourth-order valence-corrected chi connectivity index (χ4v) is 2.96. The standard InChI is InChI=1S/C17H29N3/c1-14(2)18-12-15(3)20-11-10-19(4)13-17(20)16-8-6-5-7-9-16/h5-9,14-15,17-18H,10-13H2,1-4H3. The largest absolute Gasteiger partial charge is 0.313 e. The maximum absolute atomic E-state index is 3.57. The molecule has 0 radical (unpaired) electrons. The summed E-state index contributed by atoms with van der Waals surface area (Å²) in [4.78, 5) is 5.10. The molecule has 0 aliphatic carbocycles. The summed E-state index contributed by atoms with van der Waals surface area (Å²) in [6.07, 6.45) is 0. The van der Waals surface area contributed by atoms with Crippen molar-refractivity contribution in [1.82, 2.24) is 15.1 Å². The first-order valence-corrected chi connectivity index (χ1v) is 7.80. The minimum Gasteiger partial charge on any atom is -0.313 e. The van der Waals surface area contributed by atoms with Crippen molar-refractivity contribution >= 4 is 0 Å². The third-order valence-corrected chi connectivity index (χ3v) is 4.20. The topological polar surface area (TPSA) is 18.5 Å². The van der Waals surface area contributed by atoms with Gasteiger partial charge in [0.25, 0.3) is 0 Å². The predicted molar refractivity (Wildman–Crippen MR) is 86.0 cm³/mol. The molecule has 112 valence electrons. The summed E-state index contributed by atoms with van der Waals surface area (Å²) in [5.74, 6) is 0. The van der Waals surface area contributed by atoms with E-state index < -0.39 is 0 Å². The second-order valence-corrected chi connectivity index (χ2v) is 6.34. The van der Waals surface area contributed by atoms with Gasteiger partial charge in [0.2, 0.25) is 0 Å². The van der Waals surface area contributed by atoms with Crippen LogP contribution in [0.2, 0.25) is 0 Å². The third kappa shape index (κ3) is 4.05. The van der Waals surface area contributed by atoms with Crippen molar-refractivity contribution in [2.24, 2.45) is 0 Å². The summed E-state index contributed by atoms with van der Waals surface area (Å²) < 4.78 is 0. The summed E-state index contributed by atoms with van der Waals surface area (Å²) in [5, 5.41) is 3.57. The average Bonchev–Trinajstić information content (AvgIpc) is 2.45.